The van der Waals surface area contributed by atoms with Crippen LogP contribution in [0.4, 0.5) is 11.5 Å². The van der Waals surface area contributed by atoms with Crippen molar-refractivity contribution in [2.75, 3.05) is 26.1 Å². The van der Waals surface area contributed by atoms with Gasteiger partial charge < -0.3 is 23.9 Å². The van der Waals surface area contributed by atoms with Gasteiger partial charge in [0, 0.05) is 6.07 Å². The SMILES string of the molecule is CCOC(=O)c1c(C)oc2nc(C)nc(Nc3cc(OC)ccc3OC)c12. The van der Waals surface area contributed by atoms with E-state index < -0.39 is 5.97 Å². The van der Waals surface area contributed by atoms with Gasteiger partial charge >= 0.3 is 5.97 Å². The Hall–Kier alpha value is -3.29. The molecule has 0 saturated carbocycles. The Balaban J connectivity index is 2.18. The molecule has 0 fully saturated rings. The minimum absolute atomic E-state index is 0.254. The van der Waals surface area contributed by atoms with Crippen LogP contribution in [0.2, 0.25) is 0 Å². The quantitative estimate of drug-likeness (QED) is 0.654. The van der Waals surface area contributed by atoms with Crippen molar-refractivity contribution in [3.05, 3.63) is 35.3 Å². The van der Waals surface area contributed by atoms with Crippen molar-refractivity contribution in [1.29, 1.82) is 0 Å². The van der Waals surface area contributed by atoms with Crippen molar-refractivity contribution in [2.45, 2.75) is 20.8 Å². The lowest BCUT2D eigenvalue weighted by Gasteiger charge is -2.13. The van der Waals surface area contributed by atoms with Gasteiger partial charge in [-0.05, 0) is 32.9 Å². The average Bonchev–Trinajstić information content (AvgIpc) is 2.97. The van der Waals surface area contributed by atoms with E-state index in [4.69, 9.17) is 18.6 Å². The van der Waals surface area contributed by atoms with E-state index in [0.717, 1.165) is 0 Å². The Bertz CT molecular complexity index is 997. The smallest absolute Gasteiger partial charge is 0.342 e. The van der Waals surface area contributed by atoms with Crippen LogP contribution in [-0.2, 0) is 4.74 Å². The number of nitrogens with zero attached hydrogens (tertiary/aromatic N) is 2. The number of hydrogen-bond acceptors (Lipinski definition) is 8. The molecule has 0 bridgehead atoms. The normalized spacial score (nSPS) is 10.7. The van der Waals surface area contributed by atoms with Crippen LogP contribution in [0.25, 0.3) is 11.1 Å². The summed E-state index contributed by atoms with van der Waals surface area (Å²) >= 11 is 0. The Kier molecular flexibility index (Phi) is 5.16. The van der Waals surface area contributed by atoms with Gasteiger partial charge in [0.25, 0.3) is 0 Å². The van der Waals surface area contributed by atoms with Crippen molar-refractivity contribution in [3.63, 3.8) is 0 Å². The predicted octanol–water partition coefficient (Wildman–Crippen LogP) is 3.78. The largest absolute Gasteiger partial charge is 0.497 e. The van der Waals surface area contributed by atoms with Gasteiger partial charge in [-0.15, -0.1) is 0 Å². The molecular formula is C19H21N3O5. The summed E-state index contributed by atoms with van der Waals surface area (Å²) in [5, 5.41) is 3.67. The van der Waals surface area contributed by atoms with E-state index in [2.05, 4.69) is 15.3 Å². The maximum atomic E-state index is 12.4. The van der Waals surface area contributed by atoms with Gasteiger partial charge in [0.1, 0.15) is 34.5 Å². The van der Waals surface area contributed by atoms with Gasteiger partial charge in [0.05, 0.1) is 31.9 Å². The number of carbonyl (C=O) groups excluding carboxylic acids is 1. The maximum Gasteiger partial charge on any atom is 0.342 e. The summed E-state index contributed by atoms with van der Waals surface area (Å²) in [5.41, 5.74) is 1.24. The van der Waals surface area contributed by atoms with Gasteiger partial charge in [-0.3, -0.25) is 0 Å². The fourth-order valence-electron chi connectivity index (χ4n) is 2.80. The maximum absolute atomic E-state index is 12.4. The molecule has 27 heavy (non-hydrogen) atoms. The highest BCUT2D eigenvalue weighted by Crippen LogP contribution is 2.36. The van der Waals surface area contributed by atoms with E-state index in [1.54, 1.807) is 53.2 Å². The van der Waals surface area contributed by atoms with Crippen molar-refractivity contribution < 1.29 is 23.4 Å². The second kappa shape index (κ2) is 7.53. The number of nitrogens with one attached hydrogen (secondary N) is 1. The summed E-state index contributed by atoms with van der Waals surface area (Å²) in [6.45, 7) is 5.44. The van der Waals surface area contributed by atoms with Crippen molar-refractivity contribution in [3.8, 4) is 11.5 Å². The second-order valence-corrected chi connectivity index (χ2v) is 5.74. The predicted molar refractivity (Wildman–Crippen MR) is 100 cm³/mol. The number of carbonyl (C=O) groups is 1. The van der Waals surface area contributed by atoms with Gasteiger partial charge in [0.2, 0.25) is 5.71 Å². The molecule has 1 N–H and O–H groups in total. The highest BCUT2D eigenvalue weighted by molar-refractivity contribution is 6.08. The van der Waals surface area contributed by atoms with Crippen LogP contribution in [0.15, 0.2) is 22.6 Å². The molecule has 142 valence electrons. The number of hydrogen-bond donors (Lipinski definition) is 1. The fraction of sp³-hybridized carbons (Fsp3) is 0.316. The first-order valence-electron chi connectivity index (χ1n) is 8.42. The number of fused-ring (bicyclic) bond motifs is 1. The number of aryl methyl sites for hydroxylation is 2. The molecule has 0 radical (unpaired) electrons. The number of aromatic nitrogens is 2. The van der Waals surface area contributed by atoms with Crippen LogP contribution < -0.4 is 14.8 Å². The first-order valence-corrected chi connectivity index (χ1v) is 8.42. The number of rotatable bonds is 6. The van der Waals surface area contributed by atoms with Crippen molar-refractivity contribution >= 4 is 28.6 Å². The standard InChI is InChI=1S/C19H21N3O5/c1-6-26-19(23)15-10(2)27-18-16(15)17(20-11(3)21-18)22-13-9-12(24-4)7-8-14(13)25-5/h7-9H,6H2,1-5H3,(H,20,21,22). The lowest BCUT2D eigenvalue weighted by Crippen LogP contribution is -2.07. The second-order valence-electron chi connectivity index (χ2n) is 5.74. The zero-order valence-electron chi connectivity index (χ0n) is 15.9. The Labute approximate surface area is 156 Å². The molecule has 0 spiro atoms. The number of ether oxygens (including phenoxy) is 3. The fourth-order valence-corrected chi connectivity index (χ4v) is 2.80. The Morgan fingerprint density at radius 3 is 2.63 bits per heavy atom. The summed E-state index contributed by atoms with van der Waals surface area (Å²) in [7, 11) is 3.15. The van der Waals surface area contributed by atoms with Crippen molar-refractivity contribution in [1.82, 2.24) is 9.97 Å². The van der Waals surface area contributed by atoms with Gasteiger partial charge in [0.15, 0.2) is 0 Å². The third-order valence-electron chi connectivity index (χ3n) is 3.98. The first-order chi connectivity index (χ1) is 13.0. The molecule has 0 saturated heterocycles. The molecule has 0 aliphatic rings. The Morgan fingerprint density at radius 2 is 1.96 bits per heavy atom. The molecule has 0 aliphatic carbocycles. The minimum atomic E-state index is -0.484. The average molecular weight is 371 g/mol. The molecule has 0 aliphatic heterocycles. The number of benzene rings is 1. The van der Waals surface area contributed by atoms with E-state index in [1.807, 2.05) is 0 Å². The molecule has 2 aromatic heterocycles. The lowest BCUT2D eigenvalue weighted by atomic mass is 10.1. The molecular weight excluding hydrogens is 350 g/mol. The monoisotopic (exact) mass is 371 g/mol. The van der Waals surface area contributed by atoms with Crippen LogP contribution in [0, 0.1) is 13.8 Å². The summed E-state index contributed by atoms with van der Waals surface area (Å²) in [6, 6.07) is 5.34. The summed E-state index contributed by atoms with van der Waals surface area (Å²) < 4.78 is 21.5. The number of methoxy groups -OCH3 is 2. The molecule has 0 amide bonds. The van der Waals surface area contributed by atoms with Crippen LogP contribution in [0.3, 0.4) is 0 Å². The van der Waals surface area contributed by atoms with Crippen molar-refractivity contribution in [2.24, 2.45) is 0 Å². The van der Waals surface area contributed by atoms with Crippen LogP contribution in [-0.4, -0.2) is 36.8 Å². The zero-order valence-corrected chi connectivity index (χ0v) is 15.9. The van der Waals surface area contributed by atoms with E-state index >= 15 is 0 Å². The highest BCUT2D eigenvalue weighted by atomic mass is 16.5. The number of anilines is 2. The number of furan rings is 1. The van der Waals surface area contributed by atoms with Crippen LogP contribution >= 0.6 is 0 Å². The Morgan fingerprint density at radius 1 is 1.19 bits per heavy atom. The topological polar surface area (TPSA) is 95.7 Å². The zero-order chi connectivity index (χ0) is 19.6. The van der Waals surface area contributed by atoms with Gasteiger partial charge in [-0.1, -0.05) is 0 Å². The summed E-state index contributed by atoms with van der Waals surface area (Å²) in [5.74, 6) is 2.10. The molecule has 3 rings (SSSR count). The van der Waals surface area contributed by atoms with E-state index in [9.17, 15) is 4.79 Å². The van der Waals surface area contributed by atoms with Crippen LogP contribution in [0.5, 0.6) is 11.5 Å². The molecule has 3 aromatic rings. The highest BCUT2D eigenvalue weighted by Gasteiger charge is 2.25. The third-order valence-corrected chi connectivity index (χ3v) is 3.98. The molecule has 0 atom stereocenters. The molecule has 1 aromatic carbocycles. The number of esters is 1. The minimum Gasteiger partial charge on any atom is -0.497 e. The van der Waals surface area contributed by atoms with Crippen LogP contribution in [0.1, 0.15) is 28.9 Å². The molecule has 8 nitrogen and oxygen atoms in total. The first kappa shape index (κ1) is 18.5. The van der Waals surface area contributed by atoms with Gasteiger partial charge in [-0.25, -0.2) is 9.78 Å². The van der Waals surface area contributed by atoms with E-state index in [0.29, 0.717) is 51.3 Å². The van der Waals surface area contributed by atoms with E-state index in [1.165, 1.54) is 0 Å². The summed E-state index contributed by atoms with van der Waals surface area (Å²) in [6.07, 6.45) is 0. The molecule has 0 unspecified atom stereocenters. The summed E-state index contributed by atoms with van der Waals surface area (Å²) in [4.78, 5) is 21.2. The lowest BCUT2D eigenvalue weighted by molar-refractivity contribution is 0.0526. The molecule has 8 heteroatoms. The molecule has 2 heterocycles. The third kappa shape index (κ3) is 3.51. The van der Waals surface area contributed by atoms with E-state index in [-0.39, 0.29) is 6.61 Å². The van der Waals surface area contributed by atoms with Gasteiger partial charge in [-0.2, -0.15) is 4.98 Å².